The third-order valence-electron chi connectivity index (χ3n) is 3.40. The van der Waals surface area contributed by atoms with Crippen molar-refractivity contribution in [1.29, 1.82) is 0 Å². The number of aryl methyl sites for hydroxylation is 1. The summed E-state index contributed by atoms with van der Waals surface area (Å²) in [6.07, 6.45) is 9.25. The summed E-state index contributed by atoms with van der Waals surface area (Å²) in [5, 5.41) is 3.56. The second-order valence-corrected chi connectivity index (χ2v) is 4.46. The summed E-state index contributed by atoms with van der Waals surface area (Å²) >= 11 is 0. The van der Waals surface area contributed by atoms with Crippen LogP contribution >= 0.6 is 0 Å². The van der Waals surface area contributed by atoms with Gasteiger partial charge >= 0.3 is 0 Å². The lowest BCUT2D eigenvalue weighted by Crippen LogP contribution is -2.34. The number of hydrogen-bond donors (Lipinski definition) is 1. The number of aromatic nitrogens is 2. The second-order valence-electron chi connectivity index (χ2n) is 4.46. The summed E-state index contributed by atoms with van der Waals surface area (Å²) in [6.45, 7) is 5.36. The van der Waals surface area contributed by atoms with Gasteiger partial charge in [0.1, 0.15) is 5.82 Å². The number of nitrogens with zero attached hydrogens (tertiary/aromatic N) is 2. The predicted octanol–water partition coefficient (Wildman–Crippen LogP) is 2.28. The molecule has 3 nitrogen and oxygen atoms in total. The lowest BCUT2D eigenvalue weighted by Gasteiger charge is -2.31. The van der Waals surface area contributed by atoms with E-state index in [0.717, 1.165) is 12.4 Å². The number of nitrogens with one attached hydrogen (secondary N) is 1. The van der Waals surface area contributed by atoms with Gasteiger partial charge in [0.15, 0.2) is 0 Å². The highest BCUT2D eigenvalue weighted by Gasteiger charge is 2.22. The molecular formula is C12H21N3. The van der Waals surface area contributed by atoms with Crippen molar-refractivity contribution in [3.63, 3.8) is 0 Å². The molecule has 1 saturated carbocycles. The summed E-state index contributed by atoms with van der Waals surface area (Å²) in [4.78, 5) is 4.31. The molecule has 1 aliphatic carbocycles. The molecule has 1 heterocycles. The smallest absolute Gasteiger partial charge is 0.105 e. The van der Waals surface area contributed by atoms with E-state index in [9.17, 15) is 0 Å². The van der Waals surface area contributed by atoms with Crippen molar-refractivity contribution >= 4 is 0 Å². The summed E-state index contributed by atoms with van der Waals surface area (Å²) in [7, 11) is 0. The number of imidazole rings is 1. The molecule has 2 rings (SSSR count). The van der Waals surface area contributed by atoms with E-state index in [1.54, 1.807) is 0 Å². The fourth-order valence-electron chi connectivity index (χ4n) is 2.66. The lowest BCUT2D eigenvalue weighted by atomic mass is 9.90. The lowest BCUT2D eigenvalue weighted by molar-refractivity contribution is 0.285. The van der Waals surface area contributed by atoms with Crippen LogP contribution in [0.3, 0.4) is 0 Å². The average molecular weight is 207 g/mol. The molecule has 0 bridgehead atoms. The highest BCUT2D eigenvalue weighted by Crippen LogP contribution is 2.29. The molecule has 2 unspecified atom stereocenters. The standard InChI is InChI=1S/C12H21N3/c1-3-13-11-5-4-6-12(9-11)15-8-7-14-10(15)2/h7-8,11-13H,3-6,9H2,1-2H3. The summed E-state index contributed by atoms with van der Waals surface area (Å²) < 4.78 is 2.34. The normalized spacial score (nSPS) is 26.8. The van der Waals surface area contributed by atoms with Crippen molar-refractivity contribution in [2.24, 2.45) is 0 Å². The Kier molecular flexibility index (Phi) is 3.41. The molecule has 2 atom stereocenters. The fraction of sp³-hybridized carbons (Fsp3) is 0.750. The first-order chi connectivity index (χ1) is 7.31. The van der Waals surface area contributed by atoms with Crippen LogP contribution in [-0.2, 0) is 0 Å². The highest BCUT2D eigenvalue weighted by atomic mass is 15.1. The zero-order chi connectivity index (χ0) is 10.7. The number of rotatable bonds is 3. The molecule has 1 fully saturated rings. The van der Waals surface area contributed by atoms with Gasteiger partial charge in [-0.05, 0) is 39.2 Å². The molecule has 1 N–H and O–H groups in total. The zero-order valence-electron chi connectivity index (χ0n) is 9.74. The van der Waals surface area contributed by atoms with Gasteiger partial charge in [-0.2, -0.15) is 0 Å². The zero-order valence-corrected chi connectivity index (χ0v) is 9.74. The van der Waals surface area contributed by atoms with E-state index in [-0.39, 0.29) is 0 Å². The quantitative estimate of drug-likeness (QED) is 0.824. The average Bonchev–Trinajstić information content (AvgIpc) is 2.65. The predicted molar refractivity (Wildman–Crippen MR) is 61.9 cm³/mol. The molecular weight excluding hydrogens is 186 g/mol. The summed E-state index contributed by atoms with van der Waals surface area (Å²) in [6, 6.07) is 1.36. The van der Waals surface area contributed by atoms with E-state index in [2.05, 4.69) is 34.9 Å². The molecule has 0 aliphatic heterocycles. The Labute approximate surface area is 91.9 Å². The Morgan fingerprint density at radius 2 is 2.40 bits per heavy atom. The van der Waals surface area contributed by atoms with Crippen molar-refractivity contribution in [2.75, 3.05) is 6.54 Å². The van der Waals surface area contributed by atoms with Gasteiger partial charge in [-0.15, -0.1) is 0 Å². The van der Waals surface area contributed by atoms with E-state index in [0.29, 0.717) is 12.1 Å². The molecule has 1 aliphatic rings. The maximum absolute atomic E-state index is 4.31. The Morgan fingerprint density at radius 3 is 3.07 bits per heavy atom. The van der Waals surface area contributed by atoms with Gasteiger partial charge in [0.05, 0.1) is 0 Å². The SMILES string of the molecule is CCNC1CCCC(n2ccnc2C)C1. The highest BCUT2D eigenvalue weighted by molar-refractivity contribution is 4.94. The first-order valence-electron chi connectivity index (χ1n) is 6.04. The van der Waals surface area contributed by atoms with Gasteiger partial charge in [-0.1, -0.05) is 6.92 Å². The summed E-state index contributed by atoms with van der Waals surface area (Å²) in [5.41, 5.74) is 0. The molecule has 1 aromatic rings. The molecule has 0 saturated heterocycles. The Bertz CT molecular complexity index is 304. The van der Waals surface area contributed by atoms with Crippen LogP contribution in [0.25, 0.3) is 0 Å². The molecule has 3 heteroatoms. The van der Waals surface area contributed by atoms with Crippen LogP contribution < -0.4 is 5.32 Å². The maximum Gasteiger partial charge on any atom is 0.105 e. The van der Waals surface area contributed by atoms with E-state index in [1.165, 1.54) is 25.7 Å². The van der Waals surface area contributed by atoms with E-state index in [1.807, 2.05) is 6.20 Å². The minimum Gasteiger partial charge on any atom is -0.332 e. The third kappa shape index (κ3) is 2.40. The largest absolute Gasteiger partial charge is 0.332 e. The maximum atomic E-state index is 4.31. The van der Waals surface area contributed by atoms with Crippen LogP contribution in [0.15, 0.2) is 12.4 Å². The molecule has 0 amide bonds. The van der Waals surface area contributed by atoms with Gasteiger partial charge in [0, 0.05) is 24.5 Å². The minimum absolute atomic E-state index is 0.658. The molecule has 15 heavy (non-hydrogen) atoms. The molecule has 0 radical (unpaired) electrons. The van der Waals surface area contributed by atoms with E-state index < -0.39 is 0 Å². The van der Waals surface area contributed by atoms with Crippen molar-refractivity contribution in [3.8, 4) is 0 Å². The van der Waals surface area contributed by atoms with Crippen LogP contribution in [0.1, 0.15) is 44.5 Å². The van der Waals surface area contributed by atoms with E-state index in [4.69, 9.17) is 0 Å². The van der Waals surface area contributed by atoms with Crippen molar-refractivity contribution in [3.05, 3.63) is 18.2 Å². The van der Waals surface area contributed by atoms with Crippen molar-refractivity contribution < 1.29 is 0 Å². The Hall–Kier alpha value is -0.830. The van der Waals surface area contributed by atoms with Crippen molar-refractivity contribution in [2.45, 2.75) is 51.6 Å². The topological polar surface area (TPSA) is 29.9 Å². The van der Waals surface area contributed by atoms with Crippen molar-refractivity contribution in [1.82, 2.24) is 14.9 Å². The van der Waals surface area contributed by atoms with Gasteiger partial charge in [-0.25, -0.2) is 4.98 Å². The molecule has 84 valence electrons. The molecule has 1 aromatic heterocycles. The van der Waals surface area contributed by atoms with Crippen LogP contribution in [0, 0.1) is 6.92 Å². The second kappa shape index (κ2) is 4.79. The Balaban J connectivity index is 2.01. The van der Waals surface area contributed by atoms with Gasteiger partial charge in [0.25, 0.3) is 0 Å². The van der Waals surface area contributed by atoms with Gasteiger partial charge in [0.2, 0.25) is 0 Å². The third-order valence-corrected chi connectivity index (χ3v) is 3.40. The van der Waals surface area contributed by atoms with Gasteiger partial charge in [-0.3, -0.25) is 0 Å². The minimum atomic E-state index is 0.658. The first kappa shape index (κ1) is 10.7. The van der Waals surface area contributed by atoms with Crippen LogP contribution in [0.4, 0.5) is 0 Å². The van der Waals surface area contributed by atoms with E-state index >= 15 is 0 Å². The van der Waals surface area contributed by atoms with Crippen LogP contribution in [-0.4, -0.2) is 22.1 Å². The monoisotopic (exact) mass is 207 g/mol. The van der Waals surface area contributed by atoms with Crippen LogP contribution in [0.2, 0.25) is 0 Å². The molecule has 0 aromatic carbocycles. The number of hydrogen-bond acceptors (Lipinski definition) is 2. The first-order valence-corrected chi connectivity index (χ1v) is 6.04. The fourth-order valence-corrected chi connectivity index (χ4v) is 2.66. The van der Waals surface area contributed by atoms with Crippen LogP contribution in [0.5, 0.6) is 0 Å². The van der Waals surface area contributed by atoms with Gasteiger partial charge < -0.3 is 9.88 Å². The molecule has 0 spiro atoms. The Morgan fingerprint density at radius 1 is 1.53 bits per heavy atom. The summed E-state index contributed by atoms with van der Waals surface area (Å²) in [5.74, 6) is 1.15.